The summed E-state index contributed by atoms with van der Waals surface area (Å²) >= 11 is 0. The minimum absolute atomic E-state index is 0.955. The van der Waals surface area contributed by atoms with E-state index in [-0.39, 0.29) is 0 Å². The van der Waals surface area contributed by atoms with Gasteiger partial charge in [0.05, 0.1) is 11.2 Å². The lowest BCUT2D eigenvalue weighted by molar-refractivity contribution is 0.891. The summed E-state index contributed by atoms with van der Waals surface area (Å²) in [5.41, 5.74) is 5.52. The van der Waals surface area contributed by atoms with Crippen LogP contribution in [0.15, 0.2) is 120 Å². The first-order chi connectivity index (χ1) is 15.8. The average molecular weight is 411 g/mol. The van der Waals surface area contributed by atoms with Crippen LogP contribution in [0.1, 0.15) is 0 Å². The number of hydrogen-bond acceptors (Lipinski definition) is 1. The number of aryl methyl sites for hydroxylation is 1. The second kappa shape index (κ2) is 7.51. The third-order valence-corrected chi connectivity index (χ3v) is 6.22. The maximum absolute atomic E-state index is 5.13. The molecule has 6 aromatic rings. The number of benzene rings is 5. The van der Waals surface area contributed by atoms with E-state index in [2.05, 4.69) is 109 Å². The molecule has 0 atom stereocenters. The van der Waals surface area contributed by atoms with Crippen molar-refractivity contribution in [3.8, 4) is 11.1 Å². The SMILES string of the molecule is Cn1/c(=N\c2ccccc2)c2c3ccccc3ccc2c2ccc(-c3ccccc3)cc21. The van der Waals surface area contributed by atoms with E-state index in [1.807, 2.05) is 18.2 Å². The Balaban J connectivity index is 1.79. The van der Waals surface area contributed by atoms with Gasteiger partial charge in [0.1, 0.15) is 5.49 Å². The van der Waals surface area contributed by atoms with Crippen LogP contribution in [-0.4, -0.2) is 4.57 Å². The first kappa shape index (κ1) is 18.6. The summed E-state index contributed by atoms with van der Waals surface area (Å²) in [6, 6.07) is 40.5. The topological polar surface area (TPSA) is 17.3 Å². The van der Waals surface area contributed by atoms with Gasteiger partial charge in [0.2, 0.25) is 0 Å². The van der Waals surface area contributed by atoms with Crippen LogP contribution in [0.5, 0.6) is 0 Å². The fourth-order valence-corrected chi connectivity index (χ4v) is 4.62. The van der Waals surface area contributed by atoms with Crippen molar-refractivity contribution in [2.24, 2.45) is 12.0 Å². The summed E-state index contributed by atoms with van der Waals surface area (Å²) in [6.45, 7) is 0. The Bertz CT molecular complexity index is 1660. The lowest BCUT2D eigenvalue weighted by atomic mass is 9.97. The zero-order valence-corrected chi connectivity index (χ0v) is 17.9. The van der Waals surface area contributed by atoms with E-state index < -0.39 is 0 Å². The fourth-order valence-electron chi connectivity index (χ4n) is 4.62. The number of pyridine rings is 1. The van der Waals surface area contributed by atoms with Crippen molar-refractivity contribution in [3.05, 3.63) is 121 Å². The molecule has 0 aliphatic heterocycles. The quantitative estimate of drug-likeness (QED) is 0.265. The third-order valence-electron chi connectivity index (χ3n) is 6.22. The zero-order chi connectivity index (χ0) is 21.5. The molecular formula is C30H22N2. The van der Waals surface area contributed by atoms with Crippen LogP contribution in [-0.2, 0) is 7.05 Å². The van der Waals surface area contributed by atoms with E-state index in [0.717, 1.165) is 11.2 Å². The Morgan fingerprint density at radius 1 is 0.562 bits per heavy atom. The van der Waals surface area contributed by atoms with Gasteiger partial charge in [-0.05, 0) is 45.5 Å². The van der Waals surface area contributed by atoms with Crippen molar-refractivity contribution < 1.29 is 0 Å². The number of aromatic nitrogens is 1. The summed E-state index contributed by atoms with van der Waals surface area (Å²) in [6.07, 6.45) is 0. The van der Waals surface area contributed by atoms with Crippen molar-refractivity contribution in [2.45, 2.75) is 0 Å². The van der Waals surface area contributed by atoms with E-state index in [0.29, 0.717) is 0 Å². The number of rotatable bonds is 2. The van der Waals surface area contributed by atoms with Crippen LogP contribution in [0.4, 0.5) is 5.69 Å². The van der Waals surface area contributed by atoms with Gasteiger partial charge < -0.3 is 4.57 Å². The molecule has 0 radical (unpaired) electrons. The molecular weight excluding hydrogens is 388 g/mol. The largest absolute Gasteiger partial charge is 0.328 e. The average Bonchev–Trinajstić information content (AvgIpc) is 2.87. The van der Waals surface area contributed by atoms with Crippen molar-refractivity contribution >= 4 is 38.1 Å². The highest BCUT2D eigenvalue weighted by Crippen LogP contribution is 2.31. The molecule has 0 aliphatic rings. The first-order valence-corrected chi connectivity index (χ1v) is 10.9. The van der Waals surface area contributed by atoms with Gasteiger partial charge in [0.25, 0.3) is 0 Å². The standard InChI is InChI=1S/C30H22N2/c1-32-28-20-23(21-10-4-2-5-11-21)17-18-26(28)27-19-16-22-12-8-9-15-25(22)29(27)30(32)31-24-13-6-3-7-14-24/h2-20H,1H3/b31-30-. The maximum Gasteiger partial charge on any atom is 0.141 e. The molecule has 0 fully saturated rings. The molecule has 0 saturated heterocycles. The summed E-state index contributed by atoms with van der Waals surface area (Å²) in [5, 5.41) is 6.11. The molecule has 0 saturated carbocycles. The van der Waals surface area contributed by atoms with Crippen LogP contribution in [0.3, 0.4) is 0 Å². The predicted molar refractivity (Wildman–Crippen MR) is 135 cm³/mol. The van der Waals surface area contributed by atoms with Crippen LogP contribution in [0.25, 0.3) is 43.6 Å². The van der Waals surface area contributed by atoms with Gasteiger partial charge in [-0.1, -0.05) is 97.1 Å². The molecule has 6 rings (SSSR count). The Morgan fingerprint density at radius 3 is 2.06 bits per heavy atom. The fraction of sp³-hybridized carbons (Fsp3) is 0.0333. The Hall–Kier alpha value is -4.17. The van der Waals surface area contributed by atoms with Crippen LogP contribution in [0, 0.1) is 0 Å². The van der Waals surface area contributed by atoms with Crippen molar-refractivity contribution in [1.82, 2.24) is 4.57 Å². The smallest absolute Gasteiger partial charge is 0.141 e. The molecule has 5 aromatic carbocycles. The molecule has 152 valence electrons. The molecule has 1 heterocycles. The van der Waals surface area contributed by atoms with Crippen molar-refractivity contribution in [3.63, 3.8) is 0 Å². The molecule has 0 unspecified atom stereocenters. The summed E-state index contributed by atoms with van der Waals surface area (Å²) in [4.78, 5) is 5.13. The summed E-state index contributed by atoms with van der Waals surface area (Å²) in [7, 11) is 2.13. The number of nitrogens with zero attached hydrogens (tertiary/aromatic N) is 2. The molecule has 0 spiro atoms. The van der Waals surface area contributed by atoms with E-state index >= 15 is 0 Å². The van der Waals surface area contributed by atoms with Gasteiger partial charge in [-0.25, -0.2) is 4.99 Å². The second-order valence-electron chi connectivity index (χ2n) is 8.14. The molecule has 1 aromatic heterocycles. The van der Waals surface area contributed by atoms with Crippen molar-refractivity contribution in [1.29, 1.82) is 0 Å². The maximum atomic E-state index is 5.13. The lowest BCUT2D eigenvalue weighted by Gasteiger charge is -2.15. The summed E-state index contributed by atoms with van der Waals surface area (Å²) < 4.78 is 2.24. The Kier molecular flexibility index (Phi) is 4.36. The highest BCUT2D eigenvalue weighted by atomic mass is 15.0. The highest BCUT2D eigenvalue weighted by molar-refractivity contribution is 6.16. The minimum Gasteiger partial charge on any atom is -0.328 e. The number of para-hydroxylation sites is 1. The van der Waals surface area contributed by atoms with Crippen LogP contribution >= 0.6 is 0 Å². The molecule has 0 N–H and O–H groups in total. The van der Waals surface area contributed by atoms with E-state index in [4.69, 9.17) is 4.99 Å². The second-order valence-corrected chi connectivity index (χ2v) is 8.14. The van der Waals surface area contributed by atoms with Gasteiger partial charge >= 0.3 is 0 Å². The molecule has 32 heavy (non-hydrogen) atoms. The lowest BCUT2D eigenvalue weighted by Crippen LogP contribution is -2.19. The van der Waals surface area contributed by atoms with Gasteiger partial charge in [0, 0.05) is 17.8 Å². The minimum atomic E-state index is 0.955. The first-order valence-electron chi connectivity index (χ1n) is 10.9. The molecule has 0 bridgehead atoms. The van der Waals surface area contributed by atoms with Crippen LogP contribution < -0.4 is 5.49 Å². The zero-order valence-electron chi connectivity index (χ0n) is 17.9. The van der Waals surface area contributed by atoms with Gasteiger partial charge in [-0.2, -0.15) is 0 Å². The monoisotopic (exact) mass is 410 g/mol. The Labute approximate surface area is 186 Å². The highest BCUT2D eigenvalue weighted by Gasteiger charge is 2.12. The van der Waals surface area contributed by atoms with E-state index in [9.17, 15) is 0 Å². The van der Waals surface area contributed by atoms with Gasteiger partial charge in [0.15, 0.2) is 0 Å². The van der Waals surface area contributed by atoms with E-state index in [1.54, 1.807) is 0 Å². The molecule has 2 nitrogen and oxygen atoms in total. The normalized spacial score (nSPS) is 12.1. The third kappa shape index (κ3) is 3.00. The van der Waals surface area contributed by atoms with Gasteiger partial charge in [-0.15, -0.1) is 0 Å². The van der Waals surface area contributed by atoms with E-state index in [1.165, 1.54) is 43.6 Å². The Morgan fingerprint density at radius 2 is 1.25 bits per heavy atom. The molecule has 2 heteroatoms. The summed E-state index contributed by atoms with van der Waals surface area (Å²) in [5.74, 6) is 0. The predicted octanol–water partition coefficient (Wildman–Crippen LogP) is 7.38. The van der Waals surface area contributed by atoms with Crippen LogP contribution in [0.2, 0.25) is 0 Å². The number of hydrogen-bond donors (Lipinski definition) is 0. The van der Waals surface area contributed by atoms with Gasteiger partial charge in [-0.3, -0.25) is 0 Å². The molecule has 0 aliphatic carbocycles. The number of fused-ring (bicyclic) bond motifs is 5. The van der Waals surface area contributed by atoms with Crippen molar-refractivity contribution in [2.75, 3.05) is 0 Å². The molecule has 0 amide bonds.